The lowest BCUT2D eigenvalue weighted by molar-refractivity contribution is 0.838. The van der Waals surface area contributed by atoms with Gasteiger partial charge in [-0.3, -0.25) is 4.98 Å². The summed E-state index contributed by atoms with van der Waals surface area (Å²) in [4.78, 5) is 5.02. The van der Waals surface area contributed by atoms with Crippen molar-refractivity contribution < 1.29 is 0 Å². The monoisotopic (exact) mass is 230 g/mol. The van der Waals surface area contributed by atoms with E-state index in [2.05, 4.69) is 22.8 Å². The van der Waals surface area contributed by atoms with Gasteiger partial charge < -0.3 is 5.32 Å². The van der Waals surface area contributed by atoms with E-state index >= 15 is 0 Å². The molecule has 0 fully saturated rings. The predicted molar refractivity (Wildman–Crippen MR) is 71.2 cm³/mol. The van der Waals surface area contributed by atoms with E-state index in [9.17, 15) is 0 Å². The van der Waals surface area contributed by atoms with Crippen molar-refractivity contribution in [3.05, 3.63) is 42.7 Å². The van der Waals surface area contributed by atoms with Crippen LogP contribution in [0.4, 0.5) is 0 Å². The van der Waals surface area contributed by atoms with Crippen LogP contribution in [-0.4, -0.2) is 16.5 Å². The van der Waals surface area contributed by atoms with Crippen LogP contribution >= 0.6 is 12.2 Å². The van der Waals surface area contributed by atoms with E-state index in [1.54, 1.807) is 6.20 Å². The Bertz CT molecular complexity index is 392. The molecule has 16 heavy (non-hydrogen) atoms. The molecule has 3 heteroatoms. The van der Waals surface area contributed by atoms with Crippen molar-refractivity contribution in [2.75, 3.05) is 6.54 Å². The second-order valence-electron chi connectivity index (χ2n) is 3.25. The van der Waals surface area contributed by atoms with Gasteiger partial charge in [-0.2, -0.15) is 0 Å². The van der Waals surface area contributed by atoms with Gasteiger partial charge in [0.25, 0.3) is 0 Å². The number of hydrogen-bond acceptors (Lipinski definition) is 2. The molecule has 2 nitrogen and oxygen atoms in total. The summed E-state index contributed by atoms with van der Waals surface area (Å²) < 4.78 is 0. The van der Waals surface area contributed by atoms with Crippen molar-refractivity contribution in [3.63, 3.8) is 0 Å². The molecule has 0 aliphatic heterocycles. The number of nitrogens with one attached hydrogen (secondary N) is 1. The molecule has 0 aliphatic carbocycles. The summed E-state index contributed by atoms with van der Waals surface area (Å²) in [5.41, 5.74) is 0.942. The van der Waals surface area contributed by atoms with Crippen molar-refractivity contribution in [1.29, 1.82) is 0 Å². The molecule has 1 atom stereocenters. The zero-order valence-electron chi connectivity index (χ0n) is 9.02. The van der Waals surface area contributed by atoms with Crippen LogP contribution in [0.25, 0.3) is 0 Å². The summed E-state index contributed by atoms with van der Waals surface area (Å²) >= 11 is 5.29. The number of allylic oxidation sites excluding steroid dienone is 1. The highest BCUT2D eigenvalue weighted by molar-refractivity contribution is 7.80. The molecule has 0 amide bonds. The number of thiocarbonyl (C=S) groups is 1. The first-order valence-electron chi connectivity index (χ1n) is 5.02. The van der Waals surface area contributed by atoms with E-state index in [0.29, 0.717) is 6.54 Å². The highest BCUT2D eigenvalue weighted by Gasteiger charge is 2.15. The van der Waals surface area contributed by atoms with E-state index in [0.717, 1.165) is 17.1 Å². The number of hydrogen-bond donors (Lipinski definition) is 1. The molecule has 1 unspecified atom stereocenters. The van der Waals surface area contributed by atoms with Gasteiger partial charge in [-0.15, -0.1) is 13.0 Å². The normalized spacial score (nSPS) is 11.2. The molecule has 0 radical (unpaired) electrons. The number of rotatable bonds is 5. The van der Waals surface area contributed by atoms with Crippen molar-refractivity contribution >= 4 is 17.2 Å². The lowest BCUT2D eigenvalue weighted by Gasteiger charge is -2.16. The minimum absolute atomic E-state index is 0.0575. The smallest absolute Gasteiger partial charge is 0.0855 e. The van der Waals surface area contributed by atoms with Crippen molar-refractivity contribution in [1.82, 2.24) is 10.3 Å². The maximum Gasteiger partial charge on any atom is 0.0855 e. The maximum atomic E-state index is 5.29. The number of pyridine rings is 1. The fraction of sp³-hybridized carbons (Fsp3) is 0.231. The van der Waals surface area contributed by atoms with Gasteiger partial charge in [0.2, 0.25) is 0 Å². The Labute approximate surface area is 102 Å². The summed E-state index contributed by atoms with van der Waals surface area (Å²) in [6.45, 7) is 4.18. The second kappa shape index (κ2) is 6.76. The topological polar surface area (TPSA) is 24.9 Å². The van der Waals surface area contributed by atoms with Crippen LogP contribution in [0.3, 0.4) is 0 Å². The average molecular weight is 230 g/mol. The Balaban J connectivity index is 2.79. The SMILES string of the molecule is C#CCNC(=S)C(CC=C)c1ccccn1. The molecule has 1 heterocycles. The number of terminal acetylenes is 1. The van der Waals surface area contributed by atoms with E-state index in [1.807, 2.05) is 24.3 Å². The lowest BCUT2D eigenvalue weighted by atomic mass is 10.0. The fourth-order valence-electron chi connectivity index (χ4n) is 1.37. The van der Waals surface area contributed by atoms with Gasteiger partial charge in [-0.1, -0.05) is 30.3 Å². The Morgan fingerprint density at radius 1 is 1.69 bits per heavy atom. The zero-order chi connectivity index (χ0) is 11.8. The zero-order valence-corrected chi connectivity index (χ0v) is 9.83. The summed E-state index contributed by atoms with van der Waals surface area (Å²) in [6, 6.07) is 5.78. The van der Waals surface area contributed by atoms with Gasteiger partial charge in [0.1, 0.15) is 0 Å². The van der Waals surface area contributed by atoms with Crippen LogP contribution in [0, 0.1) is 12.3 Å². The van der Waals surface area contributed by atoms with E-state index in [4.69, 9.17) is 18.6 Å². The van der Waals surface area contributed by atoms with Crippen molar-refractivity contribution in [2.45, 2.75) is 12.3 Å². The van der Waals surface area contributed by atoms with Crippen LogP contribution in [0.15, 0.2) is 37.1 Å². The molecular weight excluding hydrogens is 216 g/mol. The third-order valence-corrected chi connectivity index (χ3v) is 2.56. The molecule has 0 spiro atoms. The van der Waals surface area contributed by atoms with Gasteiger partial charge in [0.15, 0.2) is 0 Å². The highest BCUT2D eigenvalue weighted by atomic mass is 32.1. The Morgan fingerprint density at radius 3 is 3.06 bits per heavy atom. The molecule has 1 aromatic heterocycles. The molecule has 82 valence electrons. The van der Waals surface area contributed by atoms with Crippen LogP contribution < -0.4 is 5.32 Å². The minimum atomic E-state index is 0.0575. The van der Waals surface area contributed by atoms with Crippen LogP contribution in [0.5, 0.6) is 0 Å². The first-order valence-corrected chi connectivity index (χ1v) is 5.43. The molecule has 1 rings (SSSR count). The molecule has 0 saturated heterocycles. The summed E-state index contributed by atoms with van der Waals surface area (Å²) in [5.74, 6) is 2.56. The minimum Gasteiger partial charge on any atom is -0.368 e. The van der Waals surface area contributed by atoms with Crippen molar-refractivity contribution in [2.24, 2.45) is 0 Å². The molecule has 0 bridgehead atoms. The summed E-state index contributed by atoms with van der Waals surface area (Å²) in [6.07, 6.45) is 9.53. The quantitative estimate of drug-likeness (QED) is 0.477. The molecule has 0 aliphatic rings. The Hall–Kier alpha value is -1.66. The standard InChI is InChI=1S/C13H14N2S/c1-3-7-11(13(16)15-9-4-2)12-8-5-6-10-14-12/h2-3,5-6,8,10-11H,1,7,9H2,(H,15,16). The van der Waals surface area contributed by atoms with Gasteiger partial charge in [0, 0.05) is 6.20 Å². The van der Waals surface area contributed by atoms with E-state index in [1.165, 1.54) is 0 Å². The first-order chi connectivity index (χ1) is 7.79. The molecule has 1 aromatic rings. The number of nitrogens with zero attached hydrogens (tertiary/aromatic N) is 1. The third-order valence-electron chi connectivity index (χ3n) is 2.13. The first kappa shape index (κ1) is 12.4. The van der Waals surface area contributed by atoms with E-state index in [-0.39, 0.29) is 5.92 Å². The van der Waals surface area contributed by atoms with E-state index < -0.39 is 0 Å². The van der Waals surface area contributed by atoms with Gasteiger partial charge in [0.05, 0.1) is 23.1 Å². The molecule has 1 N–H and O–H groups in total. The fourth-order valence-corrected chi connectivity index (χ4v) is 1.66. The van der Waals surface area contributed by atoms with Crippen LogP contribution in [0.1, 0.15) is 18.0 Å². The average Bonchev–Trinajstić information content (AvgIpc) is 2.34. The van der Waals surface area contributed by atoms with Gasteiger partial charge in [-0.25, -0.2) is 0 Å². The van der Waals surface area contributed by atoms with Gasteiger partial charge in [-0.05, 0) is 18.6 Å². The predicted octanol–water partition coefficient (Wildman–Crippen LogP) is 2.29. The molecule has 0 saturated carbocycles. The van der Waals surface area contributed by atoms with Crippen LogP contribution in [-0.2, 0) is 0 Å². The van der Waals surface area contributed by atoms with Crippen LogP contribution in [0.2, 0.25) is 0 Å². The second-order valence-corrected chi connectivity index (χ2v) is 3.69. The highest BCUT2D eigenvalue weighted by Crippen LogP contribution is 2.18. The Morgan fingerprint density at radius 2 is 2.50 bits per heavy atom. The lowest BCUT2D eigenvalue weighted by Crippen LogP contribution is -2.28. The Kier molecular flexibility index (Phi) is 5.24. The molecular formula is C13H14N2S. The molecule has 0 aromatic carbocycles. The van der Waals surface area contributed by atoms with Crippen molar-refractivity contribution in [3.8, 4) is 12.3 Å². The van der Waals surface area contributed by atoms with Gasteiger partial charge >= 0.3 is 0 Å². The summed E-state index contributed by atoms with van der Waals surface area (Å²) in [7, 11) is 0. The number of aromatic nitrogens is 1. The summed E-state index contributed by atoms with van der Waals surface area (Å²) in [5, 5.41) is 3.02. The largest absolute Gasteiger partial charge is 0.368 e. The third kappa shape index (κ3) is 3.48. The maximum absolute atomic E-state index is 5.29.